The van der Waals surface area contributed by atoms with Crippen molar-refractivity contribution in [2.45, 2.75) is 13.3 Å². The van der Waals surface area contributed by atoms with Crippen LogP contribution in [0, 0.1) is 6.92 Å². The molecule has 4 heteroatoms. The van der Waals surface area contributed by atoms with E-state index < -0.39 is 0 Å². The lowest BCUT2D eigenvalue weighted by Gasteiger charge is -1.98. The molecule has 0 saturated heterocycles. The summed E-state index contributed by atoms with van der Waals surface area (Å²) < 4.78 is 0. The van der Waals surface area contributed by atoms with Gasteiger partial charge in [-0.1, -0.05) is 6.07 Å². The van der Waals surface area contributed by atoms with Crippen LogP contribution in [0.15, 0.2) is 18.2 Å². The number of nitrogens with two attached hydrogens (primary N) is 1. The van der Waals surface area contributed by atoms with Gasteiger partial charge in [0, 0.05) is 0 Å². The van der Waals surface area contributed by atoms with E-state index in [9.17, 15) is 0 Å². The van der Waals surface area contributed by atoms with Crippen LogP contribution in [-0.4, -0.2) is 16.6 Å². The zero-order valence-electron chi connectivity index (χ0n) is 8.08. The molecule has 14 heavy (non-hydrogen) atoms. The van der Waals surface area contributed by atoms with Crippen LogP contribution < -0.4 is 5.90 Å². The van der Waals surface area contributed by atoms with Crippen molar-refractivity contribution in [1.82, 2.24) is 9.97 Å². The van der Waals surface area contributed by atoms with Gasteiger partial charge in [0.15, 0.2) is 0 Å². The van der Waals surface area contributed by atoms with Gasteiger partial charge in [-0.3, -0.25) is 0 Å². The summed E-state index contributed by atoms with van der Waals surface area (Å²) in [6, 6.07) is 6.13. The quantitative estimate of drug-likeness (QED) is 0.719. The lowest BCUT2D eigenvalue weighted by atomic mass is 10.1. The second-order valence-electron chi connectivity index (χ2n) is 3.29. The van der Waals surface area contributed by atoms with E-state index in [1.807, 2.05) is 19.1 Å². The number of rotatable bonds is 3. The summed E-state index contributed by atoms with van der Waals surface area (Å²) in [6.07, 6.45) is 0.824. The van der Waals surface area contributed by atoms with Crippen LogP contribution in [0.5, 0.6) is 0 Å². The summed E-state index contributed by atoms with van der Waals surface area (Å²) in [5, 5.41) is 0. The Hall–Kier alpha value is -1.39. The highest BCUT2D eigenvalue weighted by Gasteiger charge is 2.00. The first-order valence-electron chi connectivity index (χ1n) is 4.56. The number of benzene rings is 1. The number of fused-ring (bicyclic) bond motifs is 1. The molecule has 3 N–H and O–H groups in total. The predicted molar refractivity (Wildman–Crippen MR) is 54.7 cm³/mol. The largest absolute Gasteiger partial charge is 0.342 e. The maximum atomic E-state index is 4.97. The Kier molecular flexibility index (Phi) is 2.47. The Morgan fingerprint density at radius 2 is 2.36 bits per heavy atom. The third-order valence-electron chi connectivity index (χ3n) is 2.17. The molecule has 0 saturated carbocycles. The van der Waals surface area contributed by atoms with Crippen molar-refractivity contribution in [3.63, 3.8) is 0 Å². The van der Waals surface area contributed by atoms with E-state index in [2.05, 4.69) is 20.9 Å². The van der Waals surface area contributed by atoms with Gasteiger partial charge in [0.1, 0.15) is 5.82 Å². The Morgan fingerprint density at radius 1 is 1.50 bits per heavy atom. The molecule has 2 rings (SSSR count). The van der Waals surface area contributed by atoms with Crippen LogP contribution in [0.1, 0.15) is 11.4 Å². The highest BCUT2D eigenvalue weighted by atomic mass is 16.6. The highest BCUT2D eigenvalue weighted by Crippen LogP contribution is 2.13. The minimum atomic E-state index is 0.540. The molecule has 0 bridgehead atoms. The number of hydrogen-bond acceptors (Lipinski definition) is 3. The predicted octanol–water partition coefficient (Wildman–Crippen LogP) is 1.30. The smallest absolute Gasteiger partial charge is 0.104 e. The van der Waals surface area contributed by atoms with Crippen LogP contribution >= 0.6 is 0 Å². The summed E-state index contributed by atoms with van der Waals surface area (Å²) in [5.74, 6) is 5.91. The molecule has 0 radical (unpaired) electrons. The number of nitrogens with one attached hydrogen (secondary N) is 1. The first-order valence-corrected chi connectivity index (χ1v) is 4.56. The average molecular weight is 191 g/mol. The molecule has 0 amide bonds. The summed E-state index contributed by atoms with van der Waals surface area (Å²) in [5.41, 5.74) is 3.27. The first-order chi connectivity index (χ1) is 6.79. The van der Waals surface area contributed by atoms with Crippen molar-refractivity contribution in [2.75, 3.05) is 6.61 Å². The van der Waals surface area contributed by atoms with Crippen LogP contribution in [0.2, 0.25) is 0 Å². The molecule has 0 aliphatic rings. The lowest BCUT2D eigenvalue weighted by molar-refractivity contribution is 0.141. The monoisotopic (exact) mass is 191 g/mol. The Morgan fingerprint density at radius 3 is 3.14 bits per heavy atom. The standard InChI is InChI=1S/C10H13N3O/c1-7-12-9-3-2-8(4-5-14-11)6-10(9)13-7/h2-3,6H,4-5,11H2,1H3,(H,12,13). The van der Waals surface area contributed by atoms with Gasteiger partial charge >= 0.3 is 0 Å². The number of H-pyrrole nitrogens is 1. The topological polar surface area (TPSA) is 63.9 Å². The summed E-state index contributed by atoms with van der Waals surface area (Å²) in [7, 11) is 0. The Bertz CT molecular complexity index is 436. The van der Waals surface area contributed by atoms with Crippen molar-refractivity contribution in [2.24, 2.45) is 5.90 Å². The molecule has 1 aromatic carbocycles. The van der Waals surface area contributed by atoms with Crippen molar-refractivity contribution in [3.05, 3.63) is 29.6 Å². The zero-order valence-corrected chi connectivity index (χ0v) is 8.08. The number of imidazole rings is 1. The summed E-state index contributed by atoms with van der Waals surface area (Å²) in [4.78, 5) is 12.1. The number of aromatic amines is 1. The van der Waals surface area contributed by atoms with E-state index in [0.29, 0.717) is 6.61 Å². The maximum absolute atomic E-state index is 4.97. The molecule has 2 aromatic rings. The molecule has 0 unspecified atom stereocenters. The number of aromatic nitrogens is 2. The lowest BCUT2D eigenvalue weighted by Crippen LogP contribution is -2.03. The van der Waals surface area contributed by atoms with E-state index in [1.165, 1.54) is 5.56 Å². The molecule has 0 aliphatic heterocycles. The normalized spacial score (nSPS) is 11.0. The van der Waals surface area contributed by atoms with E-state index >= 15 is 0 Å². The van der Waals surface area contributed by atoms with Crippen LogP contribution in [0.3, 0.4) is 0 Å². The summed E-state index contributed by atoms with van der Waals surface area (Å²) in [6.45, 7) is 2.49. The van der Waals surface area contributed by atoms with Gasteiger partial charge in [-0.05, 0) is 31.0 Å². The third-order valence-corrected chi connectivity index (χ3v) is 2.17. The second-order valence-corrected chi connectivity index (χ2v) is 3.29. The van der Waals surface area contributed by atoms with Crippen molar-refractivity contribution in [3.8, 4) is 0 Å². The van der Waals surface area contributed by atoms with Crippen LogP contribution in [0.25, 0.3) is 11.0 Å². The fraction of sp³-hybridized carbons (Fsp3) is 0.300. The molecule has 0 atom stereocenters. The molecular formula is C10H13N3O. The van der Waals surface area contributed by atoms with E-state index in [0.717, 1.165) is 23.3 Å². The van der Waals surface area contributed by atoms with Crippen LogP contribution in [-0.2, 0) is 11.3 Å². The molecule has 0 spiro atoms. The van der Waals surface area contributed by atoms with Gasteiger partial charge in [-0.2, -0.15) is 0 Å². The highest BCUT2D eigenvalue weighted by molar-refractivity contribution is 5.75. The SMILES string of the molecule is Cc1nc2ccc(CCON)cc2[nH]1. The molecular weight excluding hydrogens is 178 g/mol. The minimum absolute atomic E-state index is 0.540. The second kappa shape index (κ2) is 3.77. The van der Waals surface area contributed by atoms with Crippen LogP contribution in [0.4, 0.5) is 0 Å². The molecule has 0 aliphatic carbocycles. The molecule has 0 fully saturated rings. The van der Waals surface area contributed by atoms with Crippen molar-refractivity contribution < 1.29 is 4.84 Å². The summed E-state index contributed by atoms with van der Waals surface area (Å²) >= 11 is 0. The number of nitrogens with zero attached hydrogens (tertiary/aromatic N) is 1. The van der Waals surface area contributed by atoms with Gasteiger partial charge < -0.3 is 9.82 Å². The average Bonchev–Trinajstić information content (AvgIpc) is 2.54. The molecule has 4 nitrogen and oxygen atoms in total. The zero-order chi connectivity index (χ0) is 9.97. The fourth-order valence-electron chi connectivity index (χ4n) is 1.52. The van der Waals surface area contributed by atoms with Crippen molar-refractivity contribution in [1.29, 1.82) is 0 Å². The number of hydrogen-bond donors (Lipinski definition) is 2. The third kappa shape index (κ3) is 1.76. The molecule has 74 valence electrons. The van der Waals surface area contributed by atoms with Gasteiger partial charge in [0.05, 0.1) is 17.6 Å². The van der Waals surface area contributed by atoms with Gasteiger partial charge in [0.2, 0.25) is 0 Å². The maximum Gasteiger partial charge on any atom is 0.104 e. The Labute approximate surface area is 82.0 Å². The van der Waals surface area contributed by atoms with Gasteiger partial charge in [0.25, 0.3) is 0 Å². The van der Waals surface area contributed by atoms with E-state index in [-0.39, 0.29) is 0 Å². The first kappa shape index (κ1) is 9.18. The molecule has 1 heterocycles. The van der Waals surface area contributed by atoms with Crippen molar-refractivity contribution >= 4 is 11.0 Å². The van der Waals surface area contributed by atoms with Gasteiger partial charge in [-0.25, -0.2) is 10.9 Å². The number of aryl methyl sites for hydroxylation is 1. The molecule has 1 aromatic heterocycles. The van der Waals surface area contributed by atoms with E-state index in [1.54, 1.807) is 0 Å². The Balaban J connectivity index is 2.31. The fourth-order valence-corrected chi connectivity index (χ4v) is 1.52. The van der Waals surface area contributed by atoms with E-state index in [4.69, 9.17) is 5.90 Å². The minimum Gasteiger partial charge on any atom is -0.342 e. The van der Waals surface area contributed by atoms with Gasteiger partial charge in [-0.15, -0.1) is 0 Å².